The average molecular weight is 389 g/mol. The highest BCUT2D eigenvalue weighted by Crippen LogP contribution is 2.25. The highest BCUT2D eigenvalue weighted by molar-refractivity contribution is 5.64. The van der Waals surface area contributed by atoms with Crippen molar-refractivity contribution in [2.24, 2.45) is 0 Å². The molecule has 1 saturated heterocycles. The van der Waals surface area contributed by atoms with E-state index < -0.39 is 0 Å². The average Bonchev–Trinajstić information content (AvgIpc) is 3.08. The van der Waals surface area contributed by atoms with E-state index in [0.717, 1.165) is 41.9 Å². The Morgan fingerprint density at radius 1 is 0.897 bits per heavy atom. The molecule has 4 rings (SSSR count). The van der Waals surface area contributed by atoms with Gasteiger partial charge in [0.25, 0.3) is 0 Å². The highest BCUT2D eigenvalue weighted by atomic mass is 16.5. The van der Waals surface area contributed by atoms with Gasteiger partial charge in [-0.25, -0.2) is 4.98 Å². The van der Waals surface area contributed by atoms with Crippen LogP contribution in [-0.4, -0.2) is 30.2 Å². The van der Waals surface area contributed by atoms with Gasteiger partial charge in [0.1, 0.15) is 11.6 Å². The summed E-state index contributed by atoms with van der Waals surface area (Å²) < 4.78 is 5.24. The molecule has 0 bridgehead atoms. The van der Waals surface area contributed by atoms with Crippen LogP contribution in [0.15, 0.2) is 60.7 Å². The number of hydrogen-bond donors (Lipinski definition) is 1. The second kappa shape index (κ2) is 9.41. The summed E-state index contributed by atoms with van der Waals surface area (Å²) in [5.74, 6) is 2.55. The standard InChI is InChI=1S/C24H28N4O/c1-29-21-13-11-19(12-14-21)18-25-23-17-22(20-9-5-4-6-10-20)26-24(27-23)28-15-7-2-3-8-16-28/h4-6,9-14,17H,2-3,7-8,15-16,18H2,1H3,(H,25,26,27). The first kappa shape index (κ1) is 19.2. The van der Waals surface area contributed by atoms with E-state index in [1.165, 1.54) is 31.2 Å². The maximum absolute atomic E-state index is 5.24. The molecule has 1 fully saturated rings. The summed E-state index contributed by atoms with van der Waals surface area (Å²) in [6.45, 7) is 2.75. The third-order valence-electron chi connectivity index (χ3n) is 5.31. The second-order valence-corrected chi connectivity index (χ2v) is 7.41. The number of nitrogens with zero attached hydrogens (tertiary/aromatic N) is 3. The number of aromatic nitrogens is 2. The van der Waals surface area contributed by atoms with E-state index in [2.05, 4.69) is 34.5 Å². The van der Waals surface area contributed by atoms with Gasteiger partial charge in [-0.3, -0.25) is 0 Å². The van der Waals surface area contributed by atoms with Crippen molar-refractivity contribution < 1.29 is 4.74 Å². The zero-order valence-electron chi connectivity index (χ0n) is 17.0. The molecule has 0 amide bonds. The van der Waals surface area contributed by atoms with Crippen molar-refractivity contribution in [3.63, 3.8) is 0 Å². The SMILES string of the molecule is COc1ccc(CNc2cc(-c3ccccc3)nc(N3CCCCCC3)n2)cc1. The smallest absolute Gasteiger partial charge is 0.227 e. The van der Waals surface area contributed by atoms with Crippen molar-refractivity contribution in [2.75, 3.05) is 30.4 Å². The second-order valence-electron chi connectivity index (χ2n) is 7.41. The van der Waals surface area contributed by atoms with Crippen LogP contribution in [0.4, 0.5) is 11.8 Å². The molecule has 2 heterocycles. The first-order chi connectivity index (χ1) is 14.3. The number of hydrogen-bond acceptors (Lipinski definition) is 5. The molecule has 0 unspecified atom stereocenters. The minimum absolute atomic E-state index is 0.703. The summed E-state index contributed by atoms with van der Waals surface area (Å²) in [6, 6.07) is 20.5. The van der Waals surface area contributed by atoms with Crippen molar-refractivity contribution >= 4 is 11.8 Å². The summed E-state index contributed by atoms with van der Waals surface area (Å²) in [6.07, 6.45) is 4.98. The fraction of sp³-hybridized carbons (Fsp3) is 0.333. The maximum atomic E-state index is 5.24. The van der Waals surface area contributed by atoms with Crippen LogP contribution in [0.25, 0.3) is 11.3 Å². The van der Waals surface area contributed by atoms with Gasteiger partial charge in [-0.2, -0.15) is 4.98 Å². The number of benzene rings is 2. The predicted molar refractivity (Wildman–Crippen MR) is 118 cm³/mol. The number of rotatable bonds is 6. The third-order valence-corrected chi connectivity index (χ3v) is 5.31. The van der Waals surface area contributed by atoms with Gasteiger partial charge in [0.15, 0.2) is 0 Å². The van der Waals surface area contributed by atoms with Gasteiger partial charge in [-0.1, -0.05) is 55.3 Å². The molecule has 0 spiro atoms. The molecule has 1 aliphatic heterocycles. The molecule has 1 aliphatic rings. The van der Waals surface area contributed by atoms with Gasteiger partial charge < -0.3 is 15.0 Å². The molecule has 1 N–H and O–H groups in total. The zero-order chi connectivity index (χ0) is 19.9. The first-order valence-corrected chi connectivity index (χ1v) is 10.4. The van der Waals surface area contributed by atoms with Crippen molar-refractivity contribution in [1.82, 2.24) is 9.97 Å². The van der Waals surface area contributed by atoms with Crippen LogP contribution in [-0.2, 0) is 6.54 Å². The number of nitrogens with one attached hydrogen (secondary N) is 1. The fourth-order valence-corrected chi connectivity index (χ4v) is 3.63. The predicted octanol–water partition coefficient (Wildman–Crippen LogP) is 5.14. The van der Waals surface area contributed by atoms with Crippen LogP contribution >= 0.6 is 0 Å². The molecule has 5 heteroatoms. The Labute approximate surface area is 172 Å². The summed E-state index contributed by atoms with van der Waals surface area (Å²) in [4.78, 5) is 12.1. The van der Waals surface area contributed by atoms with Crippen molar-refractivity contribution in [2.45, 2.75) is 32.2 Å². The molecule has 0 radical (unpaired) electrons. The fourth-order valence-electron chi connectivity index (χ4n) is 3.63. The Kier molecular flexibility index (Phi) is 6.25. The van der Waals surface area contributed by atoms with Crippen LogP contribution in [0.1, 0.15) is 31.2 Å². The van der Waals surface area contributed by atoms with Gasteiger partial charge in [0.2, 0.25) is 5.95 Å². The van der Waals surface area contributed by atoms with Gasteiger partial charge in [0.05, 0.1) is 12.8 Å². The van der Waals surface area contributed by atoms with Gasteiger partial charge >= 0.3 is 0 Å². The molecule has 0 aliphatic carbocycles. The Morgan fingerprint density at radius 2 is 1.62 bits per heavy atom. The van der Waals surface area contributed by atoms with E-state index in [4.69, 9.17) is 14.7 Å². The molecular formula is C24H28N4O. The third kappa shape index (κ3) is 5.05. The molecule has 5 nitrogen and oxygen atoms in total. The molecule has 150 valence electrons. The van der Waals surface area contributed by atoms with E-state index >= 15 is 0 Å². The summed E-state index contributed by atoms with van der Waals surface area (Å²) >= 11 is 0. The summed E-state index contributed by atoms with van der Waals surface area (Å²) in [7, 11) is 1.68. The van der Waals surface area contributed by atoms with E-state index in [9.17, 15) is 0 Å². The van der Waals surface area contributed by atoms with Crippen LogP contribution < -0.4 is 15.0 Å². The maximum Gasteiger partial charge on any atom is 0.227 e. The Bertz CT molecular complexity index is 904. The first-order valence-electron chi connectivity index (χ1n) is 10.4. The van der Waals surface area contributed by atoms with Crippen molar-refractivity contribution in [3.8, 4) is 17.0 Å². The highest BCUT2D eigenvalue weighted by Gasteiger charge is 2.15. The lowest BCUT2D eigenvalue weighted by Crippen LogP contribution is -2.26. The van der Waals surface area contributed by atoms with Crippen LogP contribution in [0.2, 0.25) is 0 Å². The van der Waals surface area contributed by atoms with Gasteiger partial charge in [-0.15, -0.1) is 0 Å². The molecule has 29 heavy (non-hydrogen) atoms. The van der Waals surface area contributed by atoms with Crippen LogP contribution in [0, 0.1) is 0 Å². The Morgan fingerprint density at radius 3 is 2.31 bits per heavy atom. The van der Waals surface area contributed by atoms with Crippen molar-refractivity contribution in [1.29, 1.82) is 0 Å². The Balaban J connectivity index is 1.59. The Hall–Kier alpha value is -3.08. The van der Waals surface area contributed by atoms with Gasteiger partial charge in [-0.05, 0) is 30.5 Å². The molecule has 0 saturated carbocycles. The zero-order valence-corrected chi connectivity index (χ0v) is 17.0. The van der Waals surface area contributed by atoms with E-state index in [0.29, 0.717) is 6.54 Å². The molecule has 2 aromatic carbocycles. The number of ether oxygens (including phenoxy) is 1. The lowest BCUT2D eigenvalue weighted by Gasteiger charge is -2.21. The summed E-state index contributed by atoms with van der Waals surface area (Å²) in [5, 5.41) is 3.49. The molecule has 1 aromatic heterocycles. The van der Waals surface area contributed by atoms with E-state index in [1.54, 1.807) is 7.11 Å². The quantitative estimate of drug-likeness (QED) is 0.633. The lowest BCUT2D eigenvalue weighted by atomic mass is 10.1. The molecule has 3 aromatic rings. The lowest BCUT2D eigenvalue weighted by molar-refractivity contribution is 0.414. The van der Waals surface area contributed by atoms with Crippen LogP contribution in [0.3, 0.4) is 0 Å². The topological polar surface area (TPSA) is 50.3 Å². The van der Waals surface area contributed by atoms with Crippen LogP contribution in [0.5, 0.6) is 5.75 Å². The van der Waals surface area contributed by atoms with E-state index in [-0.39, 0.29) is 0 Å². The number of methoxy groups -OCH3 is 1. The van der Waals surface area contributed by atoms with Crippen molar-refractivity contribution in [3.05, 3.63) is 66.2 Å². The molecule has 0 atom stereocenters. The minimum atomic E-state index is 0.703. The minimum Gasteiger partial charge on any atom is -0.497 e. The summed E-state index contributed by atoms with van der Waals surface area (Å²) in [5.41, 5.74) is 3.25. The van der Waals surface area contributed by atoms with Gasteiger partial charge in [0, 0.05) is 31.3 Å². The number of anilines is 2. The normalized spacial score (nSPS) is 14.3. The molecular weight excluding hydrogens is 360 g/mol. The van der Waals surface area contributed by atoms with E-state index in [1.807, 2.05) is 36.4 Å². The monoisotopic (exact) mass is 388 g/mol. The largest absolute Gasteiger partial charge is 0.497 e.